The maximum Gasteiger partial charge on any atom is 0.347 e. The minimum atomic E-state index is -0.954. The average molecular weight is 315 g/mol. The smallest absolute Gasteiger partial charge is 0.347 e. The molecule has 128 valence electrons. The summed E-state index contributed by atoms with van der Waals surface area (Å²) in [6.07, 6.45) is 0.0277. The van der Waals surface area contributed by atoms with E-state index in [0.717, 1.165) is 0 Å². The first kappa shape index (κ1) is 20.6. The SMILES string of the molecule is C=CCOC(=O)C(CC(C)C)OC(=O)C(NC(C)O)C(C)C. The Balaban J connectivity index is 4.90. The predicted molar refractivity (Wildman–Crippen MR) is 83.9 cm³/mol. The molecule has 6 nitrogen and oxygen atoms in total. The van der Waals surface area contributed by atoms with Gasteiger partial charge in [0.25, 0.3) is 0 Å². The molecule has 0 rings (SSSR count). The van der Waals surface area contributed by atoms with Gasteiger partial charge in [0.05, 0.1) is 0 Å². The highest BCUT2D eigenvalue weighted by Gasteiger charge is 2.31. The van der Waals surface area contributed by atoms with Crippen LogP contribution in [0.15, 0.2) is 12.7 Å². The van der Waals surface area contributed by atoms with Gasteiger partial charge in [0, 0.05) is 0 Å². The third-order valence-corrected chi connectivity index (χ3v) is 2.89. The second kappa shape index (κ2) is 10.3. The molecule has 0 fully saturated rings. The predicted octanol–water partition coefficient (Wildman–Crippen LogP) is 1.63. The first-order valence-corrected chi connectivity index (χ1v) is 7.61. The summed E-state index contributed by atoms with van der Waals surface area (Å²) in [5.41, 5.74) is 0. The van der Waals surface area contributed by atoms with E-state index in [1.165, 1.54) is 13.0 Å². The van der Waals surface area contributed by atoms with Gasteiger partial charge in [-0.3, -0.25) is 10.1 Å². The van der Waals surface area contributed by atoms with Crippen LogP contribution in [0.4, 0.5) is 0 Å². The lowest BCUT2D eigenvalue weighted by Gasteiger charge is -2.25. The Morgan fingerprint density at radius 1 is 1.18 bits per heavy atom. The number of nitrogens with one attached hydrogen (secondary N) is 1. The number of ether oxygens (including phenoxy) is 2. The molecule has 0 amide bonds. The third kappa shape index (κ3) is 8.14. The Morgan fingerprint density at radius 2 is 1.77 bits per heavy atom. The molecule has 0 bridgehead atoms. The van der Waals surface area contributed by atoms with E-state index < -0.39 is 30.3 Å². The van der Waals surface area contributed by atoms with Gasteiger partial charge in [-0.15, -0.1) is 0 Å². The molecule has 22 heavy (non-hydrogen) atoms. The Morgan fingerprint density at radius 3 is 2.18 bits per heavy atom. The summed E-state index contributed by atoms with van der Waals surface area (Å²) in [4.78, 5) is 24.2. The van der Waals surface area contributed by atoms with Crippen molar-refractivity contribution in [1.82, 2.24) is 5.32 Å². The summed E-state index contributed by atoms with van der Waals surface area (Å²) in [7, 11) is 0. The first-order chi connectivity index (χ1) is 10.2. The van der Waals surface area contributed by atoms with E-state index in [1.807, 2.05) is 27.7 Å². The Hall–Kier alpha value is -1.40. The van der Waals surface area contributed by atoms with Gasteiger partial charge >= 0.3 is 11.9 Å². The summed E-state index contributed by atoms with van der Waals surface area (Å²) in [5.74, 6) is -1.08. The molecule has 0 saturated heterocycles. The largest absolute Gasteiger partial charge is 0.459 e. The number of aliphatic hydroxyl groups excluding tert-OH is 1. The number of carbonyl (C=O) groups excluding carboxylic acids is 2. The van der Waals surface area contributed by atoms with Gasteiger partial charge in [0.1, 0.15) is 18.9 Å². The lowest BCUT2D eigenvalue weighted by Crippen LogP contribution is -2.48. The third-order valence-electron chi connectivity index (χ3n) is 2.89. The molecule has 0 saturated carbocycles. The molecule has 6 heteroatoms. The molecule has 0 aliphatic rings. The number of carbonyl (C=O) groups is 2. The van der Waals surface area contributed by atoms with Crippen molar-refractivity contribution in [1.29, 1.82) is 0 Å². The molecule has 0 aromatic rings. The summed E-state index contributed by atoms with van der Waals surface area (Å²) in [6.45, 7) is 12.6. The molecule has 0 aromatic heterocycles. The van der Waals surface area contributed by atoms with Crippen molar-refractivity contribution in [3.63, 3.8) is 0 Å². The Labute approximate surface area is 132 Å². The minimum Gasteiger partial charge on any atom is -0.459 e. The van der Waals surface area contributed by atoms with Crippen LogP contribution in [-0.2, 0) is 19.1 Å². The van der Waals surface area contributed by atoms with Crippen LogP contribution in [0, 0.1) is 11.8 Å². The number of hydrogen-bond acceptors (Lipinski definition) is 6. The van der Waals surface area contributed by atoms with Crippen LogP contribution in [0.2, 0.25) is 0 Å². The molecule has 0 heterocycles. The van der Waals surface area contributed by atoms with Crippen molar-refractivity contribution < 1.29 is 24.2 Å². The van der Waals surface area contributed by atoms with Gasteiger partial charge in [0.2, 0.25) is 0 Å². The molecular weight excluding hydrogens is 286 g/mol. The molecule has 0 aliphatic heterocycles. The van der Waals surface area contributed by atoms with Crippen molar-refractivity contribution in [3.8, 4) is 0 Å². The van der Waals surface area contributed by atoms with Gasteiger partial charge in [-0.25, -0.2) is 4.79 Å². The summed E-state index contributed by atoms with van der Waals surface area (Å²) in [6, 6.07) is -0.693. The van der Waals surface area contributed by atoms with Crippen LogP contribution in [0.1, 0.15) is 41.0 Å². The van der Waals surface area contributed by atoms with Gasteiger partial charge in [-0.2, -0.15) is 0 Å². The quantitative estimate of drug-likeness (QED) is 0.362. The lowest BCUT2D eigenvalue weighted by atomic mass is 10.0. The van der Waals surface area contributed by atoms with Crippen LogP contribution in [0.25, 0.3) is 0 Å². The fraction of sp³-hybridized carbons (Fsp3) is 0.750. The van der Waals surface area contributed by atoms with Gasteiger partial charge < -0.3 is 14.6 Å². The summed E-state index contributed by atoms with van der Waals surface area (Å²) >= 11 is 0. The minimum absolute atomic E-state index is 0.0739. The number of rotatable bonds is 10. The van der Waals surface area contributed by atoms with E-state index in [1.54, 1.807) is 0 Å². The standard InChI is InChI=1S/C16H29NO5/c1-7-8-21-15(19)13(9-10(2)3)22-16(20)14(11(4)5)17-12(6)18/h7,10-14,17-18H,1,8-9H2,2-6H3. The topological polar surface area (TPSA) is 84.9 Å². The zero-order valence-electron chi connectivity index (χ0n) is 14.2. The number of aliphatic hydroxyl groups is 1. The second-order valence-corrected chi connectivity index (χ2v) is 6.04. The molecule has 0 spiro atoms. The van der Waals surface area contributed by atoms with Crippen molar-refractivity contribution >= 4 is 11.9 Å². The Kier molecular flexibility index (Phi) is 9.69. The van der Waals surface area contributed by atoms with Crippen LogP contribution in [-0.4, -0.2) is 42.0 Å². The fourth-order valence-corrected chi connectivity index (χ4v) is 1.86. The number of esters is 2. The van der Waals surface area contributed by atoms with Crippen molar-refractivity contribution in [2.75, 3.05) is 6.61 Å². The zero-order valence-corrected chi connectivity index (χ0v) is 14.2. The summed E-state index contributed by atoms with van der Waals surface area (Å²) < 4.78 is 10.3. The van der Waals surface area contributed by atoms with Crippen LogP contribution in [0.3, 0.4) is 0 Å². The first-order valence-electron chi connectivity index (χ1n) is 7.61. The molecular formula is C16H29NO5. The van der Waals surface area contributed by atoms with E-state index in [-0.39, 0.29) is 18.4 Å². The molecule has 0 radical (unpaired) electrons. The zero-order chi connectivity index (χ0) is 17.3. The van der Waals surface area contributed by atoms with E-state index in [4.69, 9.17) is 9.47 Å². The maximum atomic E-state index is 12.3. The van der Waals surface area contributed by atoms with E-state index in [0.29, 0.717) is 6.42 Å². The van der Waals surface area contributed by atoms with Gasteiger partial charge in [0.15, 0.2) is 6.10 Å². The normalized spacial score (nSPS) is 15.3. The van der Waals surface area contributed by atoms with Gasteiger partial charge in [-0.1, -0.05) is 40.3 Å². The monoisotopic (exact) mass is 315 g/mol. The second-order valence-electron chi connectivity index (χ2n) is 6.04. The van der Waals surface area contributed by atoms with E-state index in [2.05, 4.69) is 11.9 Å². The molecule has 2 N–H and O–H groups in total. The van der Waals surface area contributed by atoms with Crippen molar-refractivity contribution in [2.45, 2.75) is 59.4 Å². The maximum absolute atomic E-state index is 12.3. The molecule has 0 aliphatic carbocycles. The highest BCUT2D eigenvalue weighted by atomic mass is 16.6. The lowest BCUT2D eigenvalue weighted by molar-refractivity contribution is -0.170. The molecule has 3 atom stereocenters. The average Bonchev–Trinajstić information content (AvgIpc) is 2.40. The molecule has 0 aromatic carbocycles. The van der Waals surface area contributed by atoms with Crippen LogP contribution < -0.4 is 5.32 Å². The Bertz CT molecular complexity index is 366. The van der Waals surface area contributed by atoms with Crippen LogP contribution in [0.5, 0.6) is 0 Å². The highest BCUT2D eigenvalue weighted by molar-refractivity contribution is 5.82. The number of hydrogen-bond donors (Lipinski definition) is 2. The van der Waals surface area contributed by atoms with E-state index >= 15 is 0 Å². The van der Waals surface area contributed by atoms with Crippen molar-refractivity contribution in [2.24, 2.45) is 11.8 Å². The van der Waals surface area contributed by atoms with Crippen LogP contribution >= 0.6 is 0 Å². The molecule has 3 unspecified atom stereocenters. The van der Waals surface area contributed by atoms with E-state index in [9.17, 15) is 14.7 Å². The fourth-order valence-electron chi connectivity index (χ4n) is 1.86. The van der Waals surface area contributed by atoms with Crippen molar-refractivity contribution in [3.05, 3.63) is 12.7 Å². The highest BCUT2D eigenvalue weighted by Crippen LogP contribution is 2.14. The summed E-state index contributed by atoms with van der Waals surface area (Å²) in [5, 5.41) is 12.1. The van der Waals surface area contributed by atoms with Gasteiger partial charge in [-0.05, 0) is 25.2 Å².